The predicted molar refractivity (Wildman–Crippen MR) is 66.9 cm³/mol. The SMILES string of the molecule is COCc1cc(OC)c(Br)cc1C(C)CO. The lowest BCUT2D eigenvalue weighted by molar-refractivity contribution is 0.182. The summed E-state index contributed by atoms with van der Waals surface area (Å²) in [5, 5.41) is 9.21. The molecule has 0 radical (unpaired) electrons. The molecule has 1 aromatic carbocycles. The molecule has 1 atom stereocenters. The third-order valence-corrected chi connectivity index (χ3v) is 3.14. The molecule has 4 heteroatoms. The zero-order chi connectivity index (χ0) is 12.1. The van der Waals surface area contributed by atoms with Crippen molar-refractivity contribution in [2.45, 2.75) is 19.4 Å². The second-order valence-electron chi connectivity index (χ2n) is 3.70. The largest absolute Gasteiger partial charge is 0.496 e. The molecule has 1 rings (SSSR count). The molecule has 90 valence electrons. The molecular weight excluding hydrogens is 272 g/mol. The number of hydrogen-bond acceptors (Lipinski definition) is 3. The van der Waals surface area contributed by atoms with Gasteiger partial charge in [0, 0.05) is 19.6 Å². The van der Waals surface area contributed by atoms with Crippen LogP contribution in [0.5, 0.6) is 5.75 Å². The van der Waals surface area contributed by atoms with Gasteiger partial charge in [0.25, 0.3) is 0 Å². The molecule has 1 unspecified atom stereocenters. The molecule has 0 aromatic heterocycles. The Morgan fingerprint density at radius 3 is 2.56 bits per heavy atom. The molecular formula is C12H17BrO3. The molecule has 0 heterocycles. The van der Waals surface area contributed by atoms with Crippen molar-refractivity contribution in [2.24, 2.45) is 0 Å². The zero-order valence-corrected chi connectivity index (χ0v) is 11.4. The van der Waals surface area contributed by atoms with E-state index in [2.05, 4.69) is 15.9 Å². The fourth-order valence-corrected chi connectivity index (χ4v) is 2.13. The van der Waals surface area contributed by atoms with Gasteiger partial charge in [0.05, 0.1) is 18.2 Å². The highest BCUT2D eigenvalue weighted by Crippen LogP contribution is 2.32. The van der Waals surface area contributed by atoms with Crippen LogP contribution in [0, 0.1) is 0 Å². The zero-order valence-electron chi connectivity index (χ0n) is 9.79. The van der Waals surface area contributed by atoms with E-state index < -0.39 is 0 Å². The second-order valence-corrected chi connectivity index (χ2v) is 4.56. The minimum atomic E-state index is 0.0901. The highest BCUT2D eigenvalue weighted by molar-refractivity contribution is 9.10. The molecule has 16 heavy (non-hydrogen) atoms. The van der Waals surface area contributed by atoms with Crippen molar-refractivity contribution in [1.29, 1.82) is 0 Å². The van der Waals surface area contributed by atoms with Gasteiger partial charge in [-0.2, -0.15) is 0 Å². The van der Waals surface area contributed by atoms with Crippen molar-refractivity contribution in [3.05, 3.63) is 27.7 Å². The molecule has 0 aliphatic heterocycles. The highest BCUT2D eigenvalue weighted by Gasteiger charge is 2.13. The predicted octanol–water partition coefficient (Wildman–Crippen LogP) is 2.70. The van der Waals surface area contributed by atoms with Crippen LogP contribution in [-0.2, 0) is 11.3 Å². The summed E-state index contributed by atoms with van der Waals surface area (Å²) in [7, 11) is 3.29. The van der Waals surface area contributed by atoms with Crippen LogP contribution in [0.1, 0.15) is 24.0 Å². The first-order chi connectivity index (χ1) is 7.63. The van der Waals surface area contributed by atoms with Gasteiger partial charge in [-0.15, -0.1) is 0 Å². The fraction of sp³-hybridized carbons (Fsp3) is 0.500. The van der Waals surface area contributed by atoms with E-state index in [9.17, 15) is 5.11 Å². The van der Waals surface area contributed by atoms with E-state index in [1.54, 1.807) is 14.2 Å². The summed E-state index contributed by atoms with van der Waals surface area (Å²) in [5.41, 5.74) is 2.13. The van der Waals surface area contributed by atoms with Crippen molar-refractivity contribution in [3.63, 3.8) is 0 Å². The summed E-state index contributed by atoms with van der Waals surface area (Å²) >= 11 is 3.44. The molecule has 0 saturated carbocycles. The third-order valence-electron chi connectivity index (χ3n) is 2.52. The molecule has 0 aliphatic carbocycles. The molecule has 3 nitrogen and oxygen atoms in total. The van der Waals surface area contributed by atoms with Crippen LogP contribution in [0.2, 0.25) is 0 Å². The van der Waals surface area contributed by atoms with Crippen molar-refractivity contribution in [1.82, 2.24) is 0 Å². The van der Waals surface area contributed by atoms with Crippen molar-refractivity contribution in [3.8, 4) is 5.75 Å². The topological polar surface area (TPSA) is 38.7 Å². The summed E-state index contributed by atoms with van der Waals surface area (Å²) in [6.07, 6.45) is 0. The van der Waals surface area contributed by atoms with E-state index in [1.165, 1.54) is 0 Å². The maximum atomic E-state index is 9.21. The van der Waals surface area contributed by atoms with E-state index in [0.717, 1.165) is 21.3 Å². The lowest BCUT2D eigenvalue weighted by Gasteiger charge is -2.16. The molecule has 0 spiro atoms. The maximum Gasteiger partial charge on any atom is 0.133 e. The Morgan fingerprint density at radius 2 is 2.06 bits per heavy atom. The van der Waals surface area contributed by atoms with E-state index in [-0.39, 0.29) is 12.5 Å². The van der Waals surface area contributed by atoms with Gasteiger partial charge in [0.2, 0.25) is 0 Å². The van der Waals surface area contributed by atoms with E-state index in [0.29, 0.717) is 6.61 Å². The van der Waals surface area contributed by atoms with Crippen molar-refractivity contribution in [2.75, 3.05) is 20.8 Å². The molecule has 1 aromatic rings. The highest BCUT2D eigenvalue weighted by atomic mass is 79.9. The van der Waals surface area contributed by atoms with Crippen LogP contribution >= 0.6 is 15.9 Å². The Labute approximate surface area is 105 Å². The Balaban J connectivity index is 3.18. The summed E-state index contributed by atoms with van der Waals surface area (Å²) in [6, 6.07) is 3.92. The first kappa shape index (κ1) is 13.5. The summed E-state index contributed by atoms with van der Waals surface area (Å²) in [4.78, 5) is 0. The van der Waals surface area contributed by atoms with Crippen molar-refractivity contribution >= 4 is 15.9 Å². The third kappa shape index (κ3) is 2.97. The molecule has 0 aliphatic rings. The van der Waals surface area contributed by atoms with Gasteiger partial charge in [-0.25, -0.2) is 0 Å². The van der Waals surface area contributed by atoms with E-state index in [4.69, 9.17) is 9.47 Å². The standard InChI is InChI=1S/C12H17BrO3/c1-8(6-14)10-5-11(13)12(16-3)4-9(10)7-15-2/h4-5,8,14H,6-7H2,1-3H3. The number of aliphatic hydroxyl groups excluding tert-OH is 1. The molecule has 0 bridgehead atoms. The Hall–Kier alpha value is -0.580. The first-order valence-corrected chi connectivity index (χ1v) is 5.89. The normalized spacial score (nSPS) is 12.6. The van der Waals surface area contributed by atoms with Crippen molar-refractivity contribution < 1.29 is 14.6 Å². The Morgan fingerprint density at radius 1 is 1.38 bits per heavy atom. The van der Waals surface area contributed by atoms with E-state index >= 15 is 0 Å². The quantitative estimate of drug-likeness (QED) is 0.905. The van der Waals surface area contributed by atoms with Gasteiger partial charge < -0.3 is 14.6 Å². The van der Waals surface area contributed by atoms with Crippen LogP contribution in [0.4, 0.5) is 0 Å². The number of aliphatic hydroxyl groups is 1. The summed E-state index contributed by atoms with van der Waals surface area (Å²) in [6.45, 7) is 2.62. The smallest absolute Gasteiger partial charge is 0.133 e. The van der Waals surface area contributed by atoms with E-state index in [1.807, 2.05) is 19.1 Å². The van der Waals surface area contributed by atoms with Gasteiger partial charge in [-0.05, 0) is 39.2 Å². The number of hydrogen-bond donors (Lipinski definition) is 1. The summed E-state index contributed by atoms with van der Waals surface area (Å²) < 4.78 is 11.3. The fourth-order valence-electron chi connectivity index (χ4n) is 1.60. The molecule has 0 amide bonds. The molecule has 1 N–H and O–H groups in total. The molecule has 0 saturated heterocycles. The number of ether oxygens (including phenoxy) is 2. The van der Waals surface area contributed by atoms with Crippen LogP contribution in [0.3, 0.4) is 0 Å². The first-order valence-electron chi connectivity index (χ1n) is 5.10. The Bertz CT molecular complexity index is 352. The van der Waals surface area contributed by atoms with Gasteiger partial charge in [-0.3, -0.25) is 0 Å². The lowest BCUT2D eigenvalue weighted by atomic mass is 9.96. The number of benzene rings is 1. The van der Waals surface area contributed by atoms with Crippen LogP contribution in [0.25, 0.3) is 0 Å². The average molecular weight is 289 g/mol. The lowest BCUT2D eigenvalue weighted by Crippen LogP contribution is -2.05. The van der Waals surface area contributed by atoms with Crippen LogP contribution in [0.15, 0.2) is 16.6 Å². The van der Waals surface area contributed by atoms with Gasteiger partial charge >= 0.3 is 0 Å². The average Bonchev–Trinajstić information content (AvgIpc) is 2.30. The van der Waals surface area contributed by atoms with Crippen LogP contribution < -0.4 is 4.74 Å². The minimum Gasteiger partial charge on any atom is -0.496 e. The number of methoxy groups -OCH3 is 2. The Kier molecular flexibility index (Phi) is 5.25. The number of halogens is 1. The van der Waals surface area contributed by atoms with Gasteiger partial charge in [0.15, 0.2) is 0 Å². The molecule has 0 fully saturated rings. The second kappa shape index (κ2) is 6.23. The van der Waals surface area contributed by atoms with Gasteiger partial charge in [-0.1, -0.05) is 6.92 Å². The minimum absolute atomic E-state index is 0.0901. The monoisotopic (exact) mass is 288 g/mol. The maximum absolute atomic E-state index is 9.21. The summed E-state index contributed by atoms with van der Waals surface area (Å²) in [5.74, 6) is 0.869. The van der Waals surface area contributed by atoms with Crippen LogP contribution in [-0.4, -0.2) is 25.9 Å². The number of rotatable bonds is 5. The van der Waals surface area contributed by atoms with Gasteiger partial charge in [0.1, 0.15) is 5.75 Å².